The Hall–Kier alpha value is -2.77. The minimum absolute atomic E-state index is 0.0176. The normalized spacial score (nSPS) is 16.0. The van der Waals surface area contributed by atoms with Crippen LogP contribution in [0.2, 0.25) is 0 Å². The number of amides is 1. The first-order valence-corrected chi connectivity index (χ1v) is 11.0. The third-order valence-corrected chi connectivity index (χ3v) is 6.24. The van der Waals surface area contributed by atoms with Crippen LogP contribution in [0.15, 0.2) is 47.8 Å². The molecule has 4 rings (SSSR count). The van der Waals surface area contributed by atoms with Crippen LogP contribution in [-0.2, 0) is 16.1 Å². The summed E-state index contributed by atoms with van der Waals surface area (Å²) in [7, 11) is 0. The van der Waals surface area contributed by atoms with Crippen molar-refractivity contribution in [3.05, 3.63) is 69.7 Å². The fourth-order valence-electron chi connectivity index (χ4n) is 3.89. The number of aromatic nitrogens is 2. The first-order chi connectivity index (χ1) is 14.5. The van der Waals surface area contributed by atoms with Gasteiger partial charge in [0.25, 0.3) is 11.7 Å². The molecule has 0 aliphatic carbocycles. The molecule has 0 N–H and O–H groups in total. The summed E-state index contributed by atoms with van der Waals surface area (Å²) in [6.45, 7) is 5.15. The second-order valence-corrected chi connectivity index (χ2v) is 8.55. The molecular weight excluding hydrogens is 398 g/mol. The lowest BCUT2D eigenvalue weighted by atomic mass is 10.1. The summed E-state index contributed by atoms with van der Waals surface area (Å²) in [6.07, 6.45) is 1.88. The van der Waals surface area contributed by atoms with E-state index in [4.69, 9.17) is 4.74 Å². The molecule has 30 heavy (non-hydrogen) atoms. The van der Waals surface area contributed by atoms with Crippen LogP contribution in [0, 0.1) is 13.8 Å². The van der Waals surface area contributed by atoms with E-state index < -0.39 is 11.7 Å². The predicted octanol–water partition coefficient (Wildman–Crippen LogP) is 3.94. The van der Waals surface area contributed by atoms with E-state index in [0.29, 0.717) is 36.6 Å². The van der Waals surface area contributed by atoms with Gasteiger partial charge in [0.2, 0.25) is 0 Å². The molecule has 0 radical (unpaired) electrons. The third-order valence-electron chi connectivity index (χ3n) is 5.38. The number of carbonyl (C=O) groups excluding carboxylic acids is 2. The fraction of sp³-hybridized carbons (Fsp3) is 0.348. The number of para-hydroxylation sites is 1. The zero-order valence-electron chi connectivity index (χ0n) is 17.2. The van der Waals surface area contributed by atoms with Gasteiger partial charge in [0, 0.05) is 18.0 Å². The maximum absolute atomic E-state index is 13.3. The number of nitrogens with zero attached hydrogens (tertiary/aromatic N) is 3. The Morgan fingerprint density at radius 3 is 2.67 bits per heavy atom. The fourth-order valence-corrected chi connectivity index (χ4v) is 4.61. The lowest BCUT2D eigenvalue weighted by Gasteiger charge is -2.24. The van der Waals surface area contributed by atoms with Gasteiger partial charge in [0.1, 0.15) is 0 Å². The van der Waals surface area contributed by atoms with Crippen LogP contribution in [0.1, 0.15) is 39.5 Å². The first-order valence-electron chi connectivity index (χ1n) is 10.1. The van der Waals surface area contributed by atoms with Crippen LogP contribution in [0.5, 0.6) is 0 Å². The molecule has 1 atom stereocenters. The van der Waals surface area contributed by atoms with Crippen molar-refractivity contribution in [2.75, 3.05) is 13.2 Å². The van der Waals surface area contributed by atoms with Crippen LogP contribution < -0.4 is 0 Å². The molecule has 1 aliphatic heterocycles. The Labute approximate surface area is 180 Å². The van der Waals surface area contributed by atoms with Crippen molar-refractivity contribution in [3.63, 3.8) is 0 Å². The van der Waals surface area contributed by atoms with Gasteiger partial charge >= 0.3 is 0 Å². The number of Topliss-reactive ketones (excluding diaryl/α,β-unsaturated/α-hetero) is 1. The van der Waals surface area contributed by atoms with Crippen molar-refractivity contribution in [2.24, 2.45) is 0 Å². The van der Waals surface area contributed by atoms with Gasteiger partial charge < -0.3 is 9.64 Å². The van der Waals surface area contributed by atoms with Crippen LogP contribution in [-0.4, -0.2) is 45.6 Å². The molecule has 6 nitrogen and oxygen atoms in total. The molecule has 1 fully saturated rings. The largest absolute Gasteiger partial charge is 0.376 e. The molecule has 1 saturated heterocycles. The van der Waals surface area contributed by atoms with Gasteiger partial charge in [-0.2, -0.15) is 5.10 Å². The van der Waals surface area contributed by atoms with E-state index in [1.54, 1.807) is 27.8 Å². The van der Waals surface area contributed by atoms with Crippen molar-refractivity contribution in [2.45, 2.75) is 39.3 Å². The highest BCUT2D eigenvalue weighted by molar-refractivity contribution is 7.09. The Balaban J connectivity index is 1.61. The summed E-state index contributed by atoms with van der Waals surface area (Å²) in [5.41, 5.74) is 2.47. The highest BCUT2D eigenvalue weighted by atomic mass is 32.1. The molecule has 0 spiro atoms. The van der Waals surface area contributed by atoms with Crippen molar-refractivity contribution in [1.29, 1.82) is 0 Å². The van der Waals surface area contributed by atoms with E-state index in [1.165, 1.54) is 0 Å². The van der Waals surface area contributed by atoms with Crippen LogP contribution >= 0.6 is 11.3 Å². The molecule has 7 heteroatoms. The summed E-state index contributed by atoms with van der Waals surface area (Å²) in [5, 5.41) is 6.50. The summed E-state index contributed by atoms with van der Waals surface area (Å²) in [5.74, 6) is -1.01. The van der Waals surface area contributed by atoms with E-state index >= 15 is 0 Å². The van der Waals surface area contributed by atoms with E-state index in [1.807, 2.05) is 54.8 Å². The van der Waals surface area contributed by atoms with Gasteiger partial charge in [-0.3, -0.25) is 9.59 Å². The molecule has 0 bridgehead atoms. The quantitative estimate of drug-likeness (QED) is 0.427. The van der Waals surface area contributed by atoms with E-state index in [0.717, 1.165) is 23.4 Å². The predicted molar refractivity (Wildman–Crippen MR) is 116 cm³/mol. The molecule has 1 aromatic carbocycles. The molecule has 156 valence electrons. The zero-order chi connectivity index (χ0) is 21.1. The standard InChI is InChI=1S/C23H25N3O3S/c1-16-21(17(2)26(24-16)18-8-4-3-5-9-18)22(27)23(28)25(14-19-10-6-12-29-19)15-20-11-7-13-30-20/h3-5,7-9,11,13,19H,6,10,12,14-15H2,1-2H3. The maximum Gasteiger partial charge on any atom is 0.295 e. The number of hydrogen-bond donors (Lipinski definition) is 0. The lowest BCUT2D eigenvalue weighted by Crippen LogP contribution is -2.41. The van der Waals surface area contributed by atoms with E-state index in [9.17, 15) is 9.59 Å². The zero-order valence-corrected chi connectivity index (χ0v) is 18.0. The average molecular weight is 424 g/mol. The van der Waals surface area contributed by atoms with Gasteiger partial charge in [-0.15, -0.1) is 11.3 Å². The van der Waals surface area contributed by atoms with Crippen LogP contribution in [0.4, 0.5) is 0 Å². The van der Waals surface area contributed by atoms with Gasteiger partial charge in [0.15, 0.2) is 0 Å². The second kappa shape index (κ2) is 8.93. The van der Waals surface area contributed by atoms with Crippen LogP contribution in [0.3, 0.4) is 0 Å². The van der Waals surface area contributed by atoms with Crippen molar-refractivity contribution >= 4 is 23.0 Å². The van der Waals surface area contributed by atoms with Crippen molar-refractivity contribution in [3.8, 4) is 5.69 Å². The lowest BCUT2D eigenvalue weighted by molar-refractivity contribution is -0.128. The monoisotopic (exact) mass is 423 g/mol. The average Bonchev–Trinajstić information content (AvgIpc) is 3.50. The molecule has 1 aliphatic rings. The Morgan fingerprint density at radius 1 is 1.20 bits per heavy atom. The molecular formula is C23H25N3O3S. The highest BCUT2D eigenvalue weighted by Gasteiger charge is 2.31. The smallest absolute Gasteiger partial charge is 0.295 e. The number of hydrogen-bond acceptors (Lipinski definition) is 5. The molecule has 1 unspecified atom stereocenters. The first kappa shape index (κ1) is 20.5. The number of carbonyl (C=O) groups is 2. The highest BCUT2D eigenvalue weighted by Crippen LogP contribution is 2.22. The second-order valence-electron chi connectivity index (χ2n) is 7.52. The number of rotatable bonds is 7. The number of ether oxygens (including phenoxy) is 1. The molecule has 2 aromatic heterocycles. The summed E-state index contributed by atoms with van der Waals surface area (Å²) in [4.78, 5) is 29.3. The number of ketones is 1. The topological polar surface area (TPSA) is 64.4 Å². The Kier molecular flexibility index (Phi) is 6.11. The molecule has 1 amide bonds. The van der Waals surface area contributed by atoms with Crippen molar-refractivity contribution in [1.82, 2.24) is 14.7 Å². The van der Waals surface area contributed by atoms with E-state index in [-0.39, 0.29) is 6.10 Å². The minimum Gasteiger partial charge on any atom is -0.376 e. The summed E-state index contributed by atoms with van der Waals surface area (Å²) >= 11 is 1.58. The summed E-state index contributed by atoms with van der Waals surface area (Å²) in [6, 6.07) is 13.6. The summed E-state index contributed by atoms with van der Waals surface area (Å²) < 4.78 is 7.45. The van der Waals surface area contributed by atoms with Gasteiger partial charge in [0.05, 0.1) is 35.3 Å². The number of benzene rings is 1. The van der Waals surface area contributed by atoms with Gasteiger partial charge in [-0.05, 0) is 50.3 Å². The number of thiophene rings is 1. The van der Waals surface area contributed by atoms with Crippen LogP contribution in [0.25, 0.3) is 5.69 Å². The van der Waals surface area contributed by atoms with Crippen molar-refractivity contribution < 1.29 is 14.3 Å². The third kappa shape index (κ3) is 4.22. The molecule has 3 aromatic rings. The Morgan fingerprint density at radius 2 is 2.00 bits per heavy atom. The molecule has 0 saturated carbocycles. The molecule has 3 heterocycles. The van der Waals surface area contributed by atoms with E-state index in [2.05, 4.69) is 5.10 Å². The minimum atomic E-state index is -0.512. The van der Waals surface area contributed by atoms with Gasteiger partial charge in [-0.1, -0.05) is 24.3 Å². The Bertz CT molecular complexity index is 1020. The maximum atomic E-state index is 13.3. The van der Waals surface area contributed by atoms with Gasteiger partial charge in [-0.25, -0.2) is 4.68 Å². The SMILES string of the molecule is Cc1nn(-c2ccccc2)c(C)c1C(=O)C(=O)N(Cc1cccs1)CC1CCCO1. The number of aryl methyl sites for hydroxylation is 1.